The largest absolute Gasteiger partial charge is 0.394 e. The van der Waals surface area contributed by atoms with Gasteiger partial charge in [-0.1, -0.05) is 0 Å². The van der Waals surface area contributed by atoms with Crippen molar-refractivity contribution < 1.29 is 15.0 Å². The fourth-order valence-electron chi connectivity index (χ4n) is 1.97. The highest BCUT2D eigenvalue weighted by Crippen LogP contribution is 2.49. The van der Waals surface area contributed by atoms with Crippen molar-refractivity contribution in [1.82, 2.24) is 5.32 Å². The van der Waals surface area contributed by atoms with Gasteiger partial charge in [-0.25, -0.2) is 0 Å². The van der Waals surface area contributed by atoms with Crippen LogP contribution in [0.25, 0.3) is 0 Å². The summed E-state index contributed by atoms with van der Waals surface area (Å²) in [7, 11) is 0. The Balaban J connectivity index is 1.93. The summed E-state index contributed by atoms with van der Waals surface area (Å²) in [6.45, 7) is 3.17. The van der Waals surface area contributed by atoms with Crippen LogP contribution in [0, 0.1) is 12.8 Å². The summed E-state index contributed by atoms with van der Waals surface area (Å²) in [6, 6.07) is 4.15. The van der Waals surface area contributed by atoms with Crippen LogP contribution in [0.1, 0.15) is 29.0 Å². The van der Waals surface area contributed by atoms with Gasteiger partial charge in [-0.05, 0) is 32.4 Å². The second-order valence-corrected chi connectivity index (χ2v) is 6.58. The summed E-state index contributed by atoms with van der Waals surface area (Å²) in [5.74, 6) is 0.225. The van der Waals surface area contributed by atoms with Gasteiger partial charge in [0.15, 0.2) is 0 Å². The maximum absolute atomic E-state index is 12.0. The summed E-state index contributed by atoms with van der Waals surface area (Å²) in [6.07, 6.45) is 0.860. The third-order valence-corrected chi connectivity index (χ3v) is 4.51. The number of nitrogens with one attached hydrogen (secondary N) is 1. The minimum Gasteiger partial charge on any atom is -0.394 e. The Kier molecular flexibility index (Phi) is 3.75. The molecule has 1 saturated carbocycles. The van der Waals surface area contributed by atoms with Crippen LogP contribution in [0.3, 0.4) is 0 Å². The van der Waals surface area contributed by atoms with Crippen molar-refractivity contribution in [1.29, 1.82) is 0 Å². The van der Waals surface area contributed by atoms with Crippen molar-refractivity contribution in [2.45, 2.75) is 31.7 Å². The molecular weight excluding hydrogens is 250 g/mol. The first-order valence-corrected chi connectivity index (χ1v) is 6.91. The third-order valence-electron chi connectivity index (χ3n) is 3.38. The summed E-state index contributed by atoms with van der Waals surface area (Å²) in [5.41, 5.74) is -0.921. The van der Waals surface area contributed by atoms with E-state index in [-0.39, 0.29) is 25.0 Å². The number of rotatable bonds is 5. The zero-order chi connectivity index (χ0) is 13.3. The molecule has 100 valence electrons. The van der Waals surface area contributed by atoms with Gasteiger partial charge in [0.1, 0.15) is 0 Å². The van der Waals surface area contributed by atoms with Gasteiger partial charge in [-0.2, -0.15) is 0 Å². The van der Waals surface area contributed by atoms with Crippen molar-refractivity contribution >= 4 is 17.2 Å². The van der Waals surface area contributed by atoms with E-state index in [1.54, 1.807) is 18.3 Å². The highest BCUT2D eigenvalue weighted by Gasteiger charge is 2.46. The smallest absolute Gasteiger partial charge is 0.224 e. The molecule has 0 bridgehead atoms. The van der Waals surface area contributed by atoms with Crippen LogP contribution in [0.5, 0.6) is 0 Å². The number of carbonyl (C=O) groups excluding carboxylic acids is 1. The van der Waals surface area contributed by atoms with Crippen molar-refractivity contribution in [3.05, 3.63) is 21.9 Å². The van der Waals surface area contributed by atoms with Crippen LogP contribution in [-0.4, -0.2) is 34.9 Å². The van der Waals surface area contributed by atoms with Crippen LogP contribution in [0.4, 0.5) is 0 Å². The summed E-state index contributed by atoms with van der Waals surface area (Å²) in [5, 5.41) is 21.0. The van der Waals surface area contributed by atoms with Gasteiger partial charge in [0, 0.05) is 21.6 Å². The molecule has 1 amide bonds. The Bertz CT molecular complexity index is 439. The minimum absolute atomic E-state index is 0.0134. The molecule has 1 heterocycles. The van der Waals surface area contributed by atoms with Crippen molar-refractivity contribution in [3.63, 3.8) is 0 Å². The lowest BCUT2D eigenvalue weighted by atomic mass is 10.1. The molecule has 1 aliphatic rings. The van der Waals surface area contributed by atoms with Gasteiger partial charge < -0.3 is 15.5 Å². The molecule has 5 heteroatoms. The SMILES string of the molecule is Cc1ccc([C@@H]2C[C@H]2C(=O)NC(C)(CO)CO)s1. The second-order valence-electron chi connectivity index (χ2n) is 5.26. The van der Waals surface area contributed by atoms with Gasteiger partial charge in [0.25, 0.3) is 0 Å². The number of hydrogen-bond donors (Lipinski definition) is 3. The third kappa shape index (κ3) is 2.74. The van der Waals surface area contributed by atoms with E-state index in [9.17, 15) is 4.79 Å². The predicted molar refractivity (Wildman–Crippen MR) is 70.6 cm³/mol. The maximum Gasteiger partial charge on any atom is 0.224 e. The molecule has 0 aromatic carbocycles. The van der Waals surface area contributed by atoms with E-state index in [0.717, 1.165) is 6.42 Å². The fraction of sp³-hybridized carbons (Fsp3) is 0.615. The summed E-state index contributed by atoms with van der Waals surface area (Å²) < 4.78 is 0. The van der Waals surface area contributed by atoms with E-state index in [2.05, 4.69) is 24.4 Å². The van der Waals surface area contributed by atoms with Gasteiger partial charge in [0.05, 0.1) is 18.8 Å². The van der Waals surface area contributed by atoms with Crippen LogP contribution in [0.2, 0.25) is 0 Å². The van der Waals surface area contributed by atoms with Crippen LogP contribution < -0.4 is 5.32 Å². The first-order chi connectivity index (χ1) is 8.49. The van der Waals surface area contributed by atoms with E-state index >= 15 is 0 Å². The zero-order valence-corrected chi connectivity index (χ0v) is 11.5. The molecular formula is C13H19NO3S. The van der Waals surface area contributed by atoms with Gasteiger partial charge in [0.2, 0.25) is 5.91 Å². The molecule has 1 fully saturated rings. The number of hydrogen-bond acceptors (Lipinski definition) is 4. The molecule has 0 spiro atoms. The molecule has 1 aromatic heterocycles. The van der Waals surface area contributed by atoms with Crippen molar-refractivity contribution in [2.24, 2.45) is 5.92 Å². The number of aliphatic hydroxyl groups excluding tert-OH is 2. The summed E-state index contributed by atoms with van der Waals surface area (Å²) in [4.78, 5) is 14.5. The van der Waals surface area contributed by atoms with E-state index in [1.807, 2.05) is 0 Å². The quantitative estimate of drug-likeness (QED) is 0.747. The van der Waals surface area contributed by atoms with Gasteiger partial charge in [-0.3, -0.25) is 4.79 Å². The van der Waals surface area contributed by atoms with E-state index in [1.165, 1.54) is 9.75 Å². The normalized spacial score (nSPS) is 22.9. The van der Waals surface area contributed by atoms with Gasteiger partial charge >= 0.3 is 0 Å². The fourth-order valence-corrected chi connectivity index (χ4v) is 3.03. The molecule has 2 atom stereocenters. The topological polar surface area (TPSA) is 69.6 Å². The van der Waals surface area contributed by atoms with Crippen LogP contribution in [-0.2, 0) is 4.79 Å². The second kappa shape index (κ2) is 4.99. The Morgan fingerprint density at radius 2 is 2.17 bits per heavy atom. The molecule has 0 aliphatic heterocycles. The molecule has 0 radical (unpaired) electrons. The molecule has 4 nitrogen and oxygen atoms in total. The van der Waals surface area contributed by atoms with E-state index < -0.39 is 5.54 Å². The van der Waals surface area contributed by atoms with E-state index in [0.29, 0.717) is 5.92 Å². The number of carbonyl (C=O) groups is 1. The number of amides is 1. The monoisotopic (exact) mass is 269 g/mol. The Morgan fingerprint density at radius 3 is 2.67 bits per heavy atom. The van der Waals surface area contributed by atoms with Crippen LogP contribution in [0.15, 0.2) is 12.1 Å². The molecule has 18 heavy (non-hydrogen) atoms. The molecule has 3 N–H and O–H groups in total. The maximum atomic E-state index is 12.0. The minimum atomic E-state index is -0.921. The Morgan fingerprint density at radius 1 is 1.50 bits per heavy atom. The Labute approximate surface area is 111 Å². The highest BCUT2D eigenvalue weighted by molar-refractivity contribution is 7.12. The lowest BCUT2D eigenvalue weighted by molar-refractivity contribution is -0.125. The first-order valence-electron chi connectivity index (χ1n) is 6.09. The first kappa shape index (κ1) is 13.5. The van der Waals surface area contributed by atoms with Crippen molar-refractivity contribution in [3.8, 4) is 0 Å². The van der Waals surface area contributed by atoms with Gasteiger partial charge in [-0.15, -0.1) is 11.3 Å². The Hall–Kier alpha value is -0.910. The molecule has 0 unspecified atom stereocenters. The average molecular weight is 269 g/mol. The highest BCUT2D eigenvalue weighted by atomic mass is 32.1. The molecule has 1 aromatic rings. The zero-order valence-electron chi connectivity index (χ0n) is 10.6. The molecule has 0 saturated heterocycles. The van der Waals surface area contributed by atoms with Crippen molar-refractivity contribution in [2.75, 3.05) is 13.2 Å². The predicted octanol–water partition coefficient (Wildman–Crippen LogP) is 1.02. The number of aryl methyl sites for hydroxylation is 1. The summed E-state index contributed by atoms with van der Waals surface area (Å²) >= 11 is 1.73. The molecule has 2 rings (SSSR count). The number of thiophene rings is 1. The molecule has 1 aliphatic carbocycles. The standard InChI is InChI=1S/C13H19NO3S/c1-8-3-4-11(18-8)9-5-10(9)12(17)14-13(2,6-15)7-16/h3-4,9-10,15-16H,5-7H2,1-2H3,(H,14,17)/t9-,10-/m1/s1. The van der Waals surface area contributed by atoms with E-state index in [4.69, 9.17) is 10.2 Å². The average Bonchev–Trinajstić information content (AvgIpc) is 3.05. The number of aliphatic hydroxyl groups is 2. The lowest BCUT2D eigenvalue weighted by Gasteiger charge is -2.26. The lowest BCUT2D eigenvalue weighted by Crippen LogP contribution is -2.52. The van der Waals surface area contributed by atoms with Crippen LogP contribution >= 0.6 is 11.3 Å².